The zero-order valence-corrected chi connectivity index (χ0v) is 45.9. The van der Waals surface area contributed by atoms with Crippen molar-refractivity contribution in [2.75, 3.05) is 59.0 Å². The topological polar surface area (TPSA) is 286 Å². The second-order valence-electron chi connectivity index (χ2n) is 21.8. The molecule has 21 heteroatoms. The standard InChI is InChI=1S/C60H78N12O9/c61-23-25-64-60(79)81-45-33-53-58(77)66-48(22-19-39-10-3-1-4-11-39)54(73)68-50(32-43-35-65-47-16-8-7-15-46(43)47)56(75)70-52(37-71-28-26-62-27-29-71)57(76)67-49(30-40-17-20-44(21-18-40)80-38-41-12-5-2-6-13-41)55(74)69-51(59(78)72(53)36-45)31-42-14-9-24-63-34-42/h1,3-4,7-11,14-18,20-21,24,34-35,41,45,48-53,55,62,65,69,74H,2,5-6,12-13,19,22-23,25-33,36-38,61H2,(H,64,79)(H,66,77)(H,67,76)(H,68,73)(H,70,75)/t45-,48-,49+,50-,51+,52+,53+,55?/m1/s1. The summed E-state index contributed by atoms with van der Waals surface area (Å²) >= 11 is 0. The van der Waals surface area contributed by atoms with Crippen LogP contribution in [0.2, 0.25) is 0 Å². The first-order chi connectivity index (χ1) is 39.5. The number of amides is 6. The fourth-order valence-corrected chi connectivity index (χ4v) is 11.4. The number of aliphatic hydroxyl groups is 1. The van der Waals surface area contributed by atoms with E-state index >= 15 is 24.0 Å². The number of rotatable bonds is 17. The van der Waals surface area contributed by atoms with E-state index in [1.165, 1.54) is 24.2 Å². The number of alkyl carbamates (subject to hydrolysis) is 1. The van der Waals surface area contributed by atoms with E-state index in [9.17, 15) is 9.90 Å². The van der Waals surface area contributed by atoms with Crippen LogP contribution in [0.1, 0.15) is 67.2 Å². The molecule has 432 valence electrons. The zero-order chi connectivity index (χ0) is 56.5. The number of aliphatic hydroxyl groups excluding tert-OH is 1. The van der Waals surface area contributed by atoms with Crippen molar-refractivity contribution < 1.29 is 43.3 Å². The van der Waals surface area contributed by atoms with E-state index in [0.717, 1.165) is 40.4 Å². The molecule has 81 heavy (non-hydrogen) atoms. The molecule has 4 fully saturated rings. The first-order valence-electron chi connectivity index (χ1n) is 28.7. The van der Waals surface area contributed by atoms with Gasteiger partial charge in [0.2, 0.25) is 29.5 Å². The van der Waals surface area contributed by atoms with Crippen LogP contribution in [0.15, 0.2) is 110 Å². The summed E-state index contributed by atoms with van der Waals surface area (Å²) in [6.07, 6.45) is 7.84. The SMILES string of the molecule is NCCNC(=O)O[C@@H]1C[C@H]2C(=O)N[C@H](CCc3ccccc3)C(=O)N[C@H](Cc3c[nH]c4ccccc34)C(=O)N[C@@H](CN3CCNCC3)C(=O)N[C@@H](Cc3ccc(OCC4CCCCC4)cc3)C(O)N[C@@H](Cc3cccnc3)C(=O)N2C1. The predicted octanol–water partition coefficient (Wildman–Crippen LogP) is 1.97. The van der Waals surface area contributed by atoms with Gasteiger partial charge in [-0.2, -0.15) is 0 Å². The second-order valence-corrected chi connectivity index (χ2v) is 21.8. The van der Waals surface area contributed by atoms with Crippen molar-refractivity contribution in [3.63, 3.8) is 0 Å². The van der Waals surface area contributed by atoms with E-state index in [4.69, 9.17) is 15.2 Å². The highest BCUT2D eigenvalue weighted by atomic mass is 16.6. The highest BCUT2D eigenvalue weighted by Gasteiger charge is 2.45. The van der Waals surface area contributed by atoms with E-state index < -0.39 is 84.2 Å². The molecule has 11 N–H and O–H groups in total. The van der Waals surface area contributed by atoms with Crippen LogP contribution in [0.5, 0.6) is 5.75 Å². The van der Waals surface area contributed by atoms with Crippen LogP contribution in [0.25, 0.3) is 10.9 Å². The molecular formula is C60H78N12O9. The lowest BCUT2D eigenvalue weighted by atomic mass is 9.90. The Kier molecular flexibility index (Phi) is 20.7. The quantitative estimate of drug-likeness (QED) is 0.0638. The van der Waals surface area contributed by atoms with Crippen molar-refractivity contribution in [1.82, 2.24) is 57.0 Å². The summed E-state index contributed by atoms with van der Waals surface area (Å²) in [6.45, 7) is 3.24. The molecule has 5 aromatic rings. The molecular weight excluding hydrogens is 1030 g/mol. The number of H-pyrrole nitrogens is 1. The van der Waals surface area contributed by atoms with Crippen molar-refractivity contribution in [2.24, 2.45) is 11.7 Å². The minimum Gasteiger partial charge on any atom is -0.493 e. The molecule has 21 nitrogen and oxygen atoms in total. The van der Waals surface area contributed by atoms with Gasteiger partial charge in [-0.3, -0.25) is 39.2 Å². The van der Waals surface area contributed by atoms with Gasteiger partial charge in [-0.25, -0.2) is 4.79 Å². The molecule has 1 unspecified atom stereocenters. The van der Waals surface area contributed by atoms with E-state index in [1.807, 2.05) is 78.9 Å². The van der Waals surface area contributed by atoms with Gasteiger partial charge >= 0.3 is 6.09 Å². The number of nitrogens with one attached hydrogen (secondary N) is 8. The summed E-state index contributed by atoms with van der Waals surface area (Å²) in [5.41, 5.74) is 9.45. The number of aromatic nitrogens is 2. The normalized spacial score (nSPS) is 24.9. The molecule has 9 rings (SSSR count). The Hall–Kier alpha value is -7.43. The summed E-state index contributed by atoms with van der Waals surface area (Å²) in [6, 6.07) is 20.6. The largest absolute Gasteiger partial charge is 0.493 e. The average Bonchev–Trinajstić information content (AvgIpc) is 4.11. The fourth-order valence-electron chi connectivity index (χ4n) is 11.4. The van der Waals surface area contributed by atoms with Crippen molar-refractivity contribution in [3.8, 4) is 5.75 Å². The van der Waals surface area contributed by atoms with Crippen LogP contribution in [0.4, 0.5) is 4.79 Å². The van der Waals surface area contributed by atoms with Gasteiger partial charge in [0.1, 0.15) is 42.2 Å². The number of piperazine rings is 1. The Morgan fingerprint density at radius 3 is 2.22 bits per heavy atom. The number of carbonyl (C=O) groups excluding carboxylic acids is 6. The Balaban J connectivity index is 1.10. The molecule has 3 aromatic carbocycles. The number of fused-ring (bicyclic) bond motifs is 2. The van der Waals surface area contributed by atoms with Gasteiger partial charge < -0.3 is 62.1 Å². The molecule has 2 aromatic heterocycles. The Morgan fingerprint density at radius 2 is 1.46 bits per heavy atom. The molecule has 0 bridgehead atoms. The third-order valence-electron chi connectivity index (χ3n) is 15.9. The molecule has 3 saturated heterocycles. The predicted molar refractivity (Wildman–Crippen MR) is 304 cm³/mol. The van der Waals surface area contributed by atoms with Crippen molar-refractivity contribution in [1.29, 1.82) is 0 Å². The van der Waals surface area contributed by atoms with Crippen LogP contribution in [-0.2, 0) is 54.4 Å². The summed E-state index contributed by atoms with van der Waals surface area (Å²) in [4.78, 5) is 99.9. The maximum atomic E-state index is 15.5. The first-order valence-corrected chi connectivity index (χ1v) is 28.7. The summed E-state index contributed by atoms with van der Waals surface area (Å²) in [5, 5.41) is 34.6. The monoisotopic (exact) mass is 1110 g/mol. The summed E-state index contributed by atoms with van der Waals surface area (Å²) in [5.74, 6) is -2.05. The third-order valence-corrected chi connectivity index (χ3v) is 15.9. The third kappa shape index (κ3) is 16.4. The number of aryl methyl sites for hydroxylation is 1. The number of carbonyl (C=O) groups is 6. The van der Waals surface area contributed by atoms with E-state index in [2.05, 4.69) is 52.1 Å². The highest BCUT2D eigenvalue weighted by Crippen LogP contribution is 2.27. The molecule has 6 amide bonds. The number of hydrogen-bond acceptors (Lipinski definition) is 14. The molecule has 3 aliphatic heterocycles. The van der Waals surface area contributed by atoms with Gasteiger partial charge in [0, 0.05) is 88.1 Å². The first kappa shape index (κ1) is 58.2. The minimum atomic E-state index is -1.61. The molecule has 5 heterocycles. The lowest BCUT2D eigenvalue weighted by Crippen LogP contribution is -2.64. The van der Waals surface area contributed by atoms with Crippen LogP contribution in [0.3, 0.4) is 0 Å². The van der Waals surface area contributed by atoms with Crippen molar-refractivity contribution in [2.45, 2.75) is 119 Å². The number of nitrogens with zero attached hydrogens (tertiary/aromatic N) is 3. The molecule has 1 aliphatic carbocycles. The molecule has 4 aliphatic rings. The number of benzene rings is 3. The van der Waals surface area contributed by atoms with Crippen molar-refractivity contribution in [3.05, 3.63) is 132 Å². The lowest BCUT2D eigenvalue weighted by Gasteiger charge is -2.35. The highest BCUT2D eigenvalue weighted by molar-refractivity contribution is 5.97. The smallest absolute Gasteiger partial charge is 0.407 e. The van der Waals surface area contributed by atoms with E-state index in [1.54, 1.807) is 30.7 Å². The van der Waals surface area contributed by atoms with Crippen LogP contribution < -0.4 is 47.7 Å². The van der Waals surface area contributed by atoms with E-state index in [0.29, 0.717) is 56.4 Å². The molecule has 0 spiro atoms. The second kappa shape index (κ2) is 28.8. The minimum absolute atomic E-state index is 0.00298. The van der Waals surface area contributed by atoms with E-state index in [-0.39, 0.29) is 58.3 Å². The number of aromatic amines is 1. The van der Waals surface area contributed by atoms with Crippen LogP contribution in [-0.4, -0.2) is 168 Å². The maximum absolute atomic E-state index is 15.5. The van der Waals surface area contributed by atoms with Gasteiger partial charge in [-0.15, -0.1) is 0 Å². The molecule has 8 atom stereocenters. The van der Waals surface area contributed by atoms with Gasteiger partial charge in [0.05, 0.1) is 25.2 Å². The number of hydrogen-bond donors (Lipinski definition) is 10. The summed E-state index contributed by atoms with van der Waals surface area (Å²) in [7, 11) is 0. The Labute approximate surface area is 472 Å². The van der Waals surface area contributed by atoms with Gasteiger partial charge in [-0.05, 0) is 91.0 Å². The van der Waals surface area contributed by atoms with Crippen LogP contribution in [0, 0.1) is 5.92 Å². The number of para-hydroxylation sites is 1. The van der Waals surface area contributed by atoms with Crippen LogP contribution >= 0.6 is 0 Å². The lowest BCUT2D eigenvalue weighted by molar-refractivity contribution is -0.142. The Morgan fingerprint density at radius 1 is 0.741 bits per heavy atom. The number of pyridine rings is 1. The van der Waals surface area contributed by atoms with Gasteiger partial charge in [-0.1, -0.05) is 86.0 Å². The van der Waals surface area contributed by atoms with Gasteiger partial charge in [0.25, 0.3) is 0 Å². The zero-order valence-electron chi connectivity index (χ0n) is 45.9. The Bertz CT molecular complexity index is 2870. The summed E-state index contributed by atoms with van der Waals surface area (Å²) < 4.78 is 12.0. The van der Waals surface area contributed by atoms with Gasteiger partial charge in [0.15, 0.2) is 0 Å². The molecule has 1 saturated carbocycles. The number of ether oxygens (including phenoxy) is 2. The van der Waals surface area contributed by atoms with Crippen molar-refractivity contribution >= 4 is 46.5 Å². The fraction of sp³-hybridized carbons (Fsp3) is 0.483. The number of nitrogens with two attached hydrogens (primary N) is 1. The maximum Gasteiger partial charge on any atom is 0.407 e. The molecule has 0 radical (unpaired) electrons. The average molecular weight is 1110 g/mol.